The first-order valence-corrected chi connectivity index (χ1v) is 7.81. The van der Waals surface area contributed by atoms with Gasteiger partial charge in [-0.1, -0.05) is 27.7 Å². The van der Waals surface area contributed by atoms with Crippen LogP contribution in [-0.4, -0.2) is 16.9 Å². The van der Waals surface area contributed by atoms with Crippen LogP contribution in [0.2, 0.25) is 0 Å². The van der Waals surface area contributed by atoms with Gasteiger partial charge < -0.3 is 15.5 Å². The molecule has 0 fully saturated rings. The Bertz CT molecular complexity index is 440. The molecule has 5 nitrogen and oxygen atoms in total. The Morgan fingerprint density at radius 1 is 1.24 bits per heavy atom. The molecule has 0 saturated heterocycles. The van der Waals surface area contributed by atoms with Crippen molar-refractivity contribution in [1.29, 1.82) is 0 Å². The van der Waals surface area contributed by atoms with Crippen LogP contribution in [0.3, 0.4) is 0 Å². The molecule has 1 rings (SSSR count). The molecule has 0 aliphatic carbocycles. The van der Waals surface area contributed by atoms with E-state index in [0.717, 1.165) is 19.3 Å². The average molecular weight is 295 g/mol. The molecule has 0 saturated carbocycles. The monoisotopic (exact) mass is 295 g/mol. The van der Waals surface area contributed by atoms with Crippen molar-refractivity contribution >= 4 is 5.91 Å². The average Bonchev–Trinajstić information content (AvgIpc) is 2.85. The molecule has 2 atom stereocenters. The van der Waals surface area contributed by atoms with Gasteiger partial charge in [0.15, 0.2) is 5.69 Å². The molecule has 1 heterocycles. The van der Waals surface area contributed by atoms with Crippen LogP contribution in [0.5, 0.6) is 0 Å². The van der Waals surface area contributed by atoms with Gasteiger partial charge in [0.1, 0.15) is 6.26 Å². The number of carbonyl (C=O) groups is 1. The molecule has 0 aromatic carbocycles. The SMILES string of the molecule is CC(C)CCC(C)NC(=O)c1coc(C(N)CC(C)C)n1. The molecule has 5 heteroatoms. The summed E-state index contributed by atoms with van der Waals surface area (Å²) in [7, 11) is 0. The Morgan fingerprint density at radius 3 is 2.48 bits per heavy atom. The molecule has 2 unspecified atom stereocenters. The molecule has 3 N–H and O–H groups in total. The van der Waals surface area contributed by atoms with Crippen molar-refractivity contribution in [2.45, 2.75) is 66.0 Å². The number of oxazole rings is 1. The van der Waals surface area contributed by atoms with E-state index < -0.39 is 0 Å². The van der Waals surface area contributed by atoms with E-state index in [-0.39, 0.29) is 18.0 Å². The minimum Gasteiger partial charge on any atom is -0.446 e. The van der Waals surface area contributed by atoms with E-state index >= 15 is 0 Å². The van der Waals surface area contributed by atoms with Gasteiger partial charge in [0.2, 0.25) is 5.89 Å². The van der Waals surface area contributed by atoms with Gasteiger partial charge in [-0.3, -0.25) is 4.79 Å². The highest BCUT2D eigenvalue weighted by Gasteiger charge is 2.19. The van der Waals surface area contributed by atoms with E-state index in [9.17, 15) is 4.79 Å². The highest BCUT2D eigenvalue weighted by Crippen LogP contribution is 2.18. The lowest BCUT2D eigenvalue weighted by molar-refractivity contribution is 0.0932. The summed E-state index contributed by atoms with van der Waals surface area (Å²) in [6, 6.07) is -0.130. The Morgan fingerprint density at radius 2 is 1.90 bits per heavy atom. The number of rotatable bonds is 8. The summed E-state index contributed by atoms with van der Waals surface area (Å²) in [5, 5.41) is 2.94. The van der Waals surface area contributed by atoms with Crippen LogP contribution in [0.4, 0.5) is 0 Å². The molecule has 0 bridgehead atoms. The van der Waals surface area contributed by atoms with Gasteiger partial charge in [0.25, 0.3) is 5.91 Å². The van der Waals surface area contributed by atoms with Crippen LogP contribution in [0.15, 0.2) is 10.7 Å². The van der Waals surface area contributed by atoms with E-state index in [0.29, 0.717) is 23.4 Å². The predicted octanol–water partition coefficient (Wildman–Crippen LogP) is 3.28. The lowest BCUT2D eigenvalue weighted by Crippen LogP contribution is -2.33. The predicted molar refractivity (Wildman–Crippen MR) is 83.9 cm³/mol. The maximum absolute atomic E-state index is 12.1. The van der Waals surface area contributed by atoms with E-state index in [4.69, 9.17) is 10.2 Å². The number of nitrogens with zero attached hydrogens (tertiary/aromatic N) is 1. The maximum atomic E-state index is 12.1. The van der Waals surface area contributed by atoms with Crippen LogP contribution in [0, 0.1) is 11.8 Å². The normalized spacial score (nSPS) is 14.5. The summed E-state index contributed by atoms with van der Waals surface area (Å²) in [4.78, 5) is 16.3. The molecule has 0 aliphatic rings. The summed E-state index contributed by atoms with van der Waals surface area (Å²) >= 11 is 0. The van der Waals surface area contributed by atoms with Gasteiger partial charge >= 0.3 is 0 Å². The third-order valence-electron chi connectivity index (χ3n) is 3.35. The first-order chi connectivity index (χ1) is 9.79. The fourth-order valence-electron chi connectivity index (χ4n) is 2.12. The smallest absolute Gasteiger partial charge is 0.273 e. The highest BCUT2D eigenvalue weighted by atomic mass is 16.3. The van der Waals surface area contributed by atoms with Crippen LogP contribution in [-0.2, 0) is 0 Å². The zero-order valence-corrected chi connectivity index (χ0v) is 13.8. The summed E-state index contributed by atoms with van der Waals surface area (Å²) in [6.45, 7) is 10.5. The third-order valence-corrected chi connectivity index (χ3v) is 3.35. The van der Waals surface area contributed by atoms with Crippen molar-refractivity contribution in [2.24, 2.45) is 17.6 Å². The lowest BCUT2D eigenvalue weighted by Gasteiger charge is -2.14. The number of aromatic nitrogens is 1. The molecular formula is C16H29N3O2. The van der Waals surface area contributed by atoms with Gasteiger partial charge in [0.05, 0.1) is 6.04 Å². The van der Waals surface area contributed by atoms with Crippen LogP contribution in [0.25, 0.3) is 0 Å². The largest absolute Gasteiger partial charge is 0.446 e. The highest BCUT2D eigenvalue weighted by molar-refractivity contribution is 5.92. The number of carbonyl (C=O) groups excluding carboxylic acids is 1. The Balaban J connectivity index is 2.53. The third kappa shape index (κ3) is 6.29. The Labute approximate surface area is 127 Å². The summed E-state index contributed by atoms with van der Waals surface area (Å²) in [5.41, 5.74) is 6.31. The molecule has 1 amide bonds. The number of hydrogen-bond donors (Lipinski definition) is 2. The van der Waals surface area contributed by atoms with Crippen molar-refractivity contribution in [3.63, 3.8) is 0 Å². The zero-order valence-electron chi connectivity index (χ0n) is 13.8. The molecule has 120 valence electrons. The van der Waals surface area contributed by atoms with Gasteiger partial charge in [-0.25, -0.2) is 4.98 Å². The van der Waals surface area contributed by atoms with Crippen LogP contribution < -0.4 is 11.1 Å². The summed E-state index contributed by atoms with van der Waals surface area (Å²) in [5.74, 6) is 1.33. The molecule has 1 aromatic rings. The lowest BCUT2D eigenvalue weighted by atomic mass is 10.0. The van der Waals surface area contributed by atoms with E-state index in [1.165, 1.54) is 6.26 Å². The fourth-order valence-corrected chi connectivity index (χ4v) is 2.12. The van der Waals surface area contributed by atoms with Crippen molar-refractivity contribution in [3.05, 3.63) is 17.8 Å². The van der Waals surface area contributed by atoms with Crippen molar-refractivity contribution in [2.75, 3.05) is 0 Å². The van der Waals surface area contributed by atoms with Crippen molar-refractivity contribution in [3.8, 4) is 0 Å². The Kier molecular flexibility index (Phi) is 6.89. The summed E-state index contributed by atoms with van der Waals surface area (Å²) < 4.78 is 5.33. The second-order valence-corrected chi connectivity index (χ2v) is 6.65. The van der Waals surface area contributed by atoms with Crippen molar-refractivity contribution < 1.29 is 9.21 Å². The second kappa shape index (κ2) is 8.17. The first-order valence-electron chi connectivity index (χ1n) is 7.81. The first kappa shape index (κ1) is 17.7. The molecular weight excluding hydrogens is 266 g/mol. The molecule has 0 spiro atoms. The van der Waals surface area contributed by atoms with Gasteiger partial charge in [0, 0.05) is 6.04 Å². The van der Waals surface area contributed by atoms with Gasteiger partial charge in [-0.15, -0.1) is 0 Å². The Hall–Kier alpha value is -1.36. The van der Waals surface area contributed by atoms with Crippen LogP contribution in [0.1, 0.15) is 76.3 Å². The molecule has 1 aromatic heterocycles. The zero-order chi connectivity index (χ0) is 16.0. The topological polar surface area (TPSA) is 81.2 Å². The number of hydrogen-bond acceptors (Lipinski definition) is 4. The quantitative estimate of drug-likeness (QED) is 0.771. The summed E-state index contributed by atoms with van der Waals surface area (Å²) in [6.07, 6.45) is 4.22. The van der Waals surface area contributed by atoms with Crippen LogP contribution >= 0.6 is 0 Å². The number of amides is 1. The van der Waals surface area contributed by atoms with E-state index in [1.54, 1.807) is 0 Å². The maximum Gasteiger partial charge on any atom is 0.273 e. The van der Waals surface area contributed by atoms with E-state index in [2.05, 4.69) is 38.0 Å². The minimum absolute atomic E-state index is 0.129. The minimum atomic E-state index is -0.259. The fraction of sp³-hybridized carbons (Fsp3) is 0.750. The van der Waals surface area contributed by atoms with Gasteiger partial charge in [-0.2, -0.15) is 0 Å². The second-order valence-electron chi connectivity index (χ2n) is 6.65. The number of nitrogens with one attached hydrogen (secondary N) is 1. The molecule has 21 heavy (non-hydrogen) atoms. The molecule has 0 radical (unpaired) electrons. The van der Waals surface area contributed by atoms with Crippen molar-refractivity contribution in [1.82, 2.24) is 10.3 Å². The molecule has 0 aliphatic heterocycles. The number of nitrogens with two attached hydrogens (primary N) is 1. The standard InChI is InChI=1S/C16H29N3O2/c1-10(2)6-7-12(5)18-15(20)14-9-21-16(19-14)13(17)8-11(3)4/h9-13H,6-8,17H2,1-5H3,(H,18,20). The van der Waals surface area contributed by atoms with E-state index in [1.807, 2.05) is 6.92 Å². The van der Waals surface area contributed by atoms with Gasteiger partial charge in [-0.05, 0) is 38.0 Å².